The summed E-state index contributed by atoms with van der Waals surface area (Å²) >= 11 is 5.75. The number of sulfonamides is 1. The highest BCUT2D eigenvalue weighted by Gasteiger charge is 2.22. The Bertz CT molecular complexity index is 973. The first-order chi connectivity index (χ1) is 13.2. The number of carbonyl (C=O) groups excluding carboxylic acids is 2. The fraction of sp³-hybridized carbons (Fsp3) is 0.167. The molecule has 0 saturated heterocycles. The summed E-state index contributed by atoms with van der Waals surface area (Å²) in [5.41, 5.74) is 3.28. The number of hydrogen-bond donors (Lipinski definition) is 1. The Balaban J connectivity index is 1.93. The highest BCUT2D eigenvalue weighted by molar-refractivity contribution is 7.89. The van der Waals surface area contributed by atoms with Gasteiger partial charge in [-0.05, 0) is 42.0 Å². The van der Waals surface area contributed by atoms with Gasteiger partial charge >= 0.3 is 5.97 Å². The van der Waals surface area contributed by atoms with Crippen LogP contribution in [0.15, 0.2) is 58.5 Å². The average Bonchev–Trinajstić information content (AvgIpc) is 2.68. The highest BCUT2D eigenvalue weighted by Crippen LogP contribution is 2.17. The third-order valence-corrected chi connectivity index (χ3v) is 5.69. The lowest BCUT2D eigenvalue weighted by atomic mass is 10.1. The van der Waals surface area contributed by atoms with E-state index in [9.17, 15) is 18.0 Å². The van der Waals surface area contributed by atoms with E-state index in [1.165, 1.54) is 44.6 Å². The molecule has 0 heterocycles. The Morgan fingerprint density at radius 2 is 1.75 bits per heavy atom. The zero-order chi connectivity index (χ0) is 20.7. The van der Waals surface area contributed by atoms with Gasteiger partial charge < -0.3 is 4.74 Å². The van der Waals surface area contributed by atoms with Gasteiger partial charge in [-0.1, -0.05) is 23.7 Å². The number of nitrogens with zero attached hydrogens (tertiary/aromatic N) is 2. The monoisotopic (exact) mass is 423 g/mol. The largest absolute Gasteiger partial charge is 0.465 e. The van der Waals surface area contributed by atoms with Gasteiger partial charge in [-0.3, -0.25) is 4.79 Å². The standard InChI is InChI=1S/C18H18ClN3O5S/c1-22(28(25,26)16-9-7-15(19)8-10-16)12-17(23)21-20-11-13-3-5-14(6-4-13)18(24)27-2/h3-11H,12H2,1-2H3,(H,21,23)/b20-11-. The third-order valence-electron chi connectivity index (χ3n) is 3.62. The third kappa shape index (κ3) is 5.62. The Hall–Kier alpha value is -2.75. The van der Waals surface area contributed by atoms with Crippen molar-refractivity contribution >= 4 is 39.7 Å². The lowest BCUT2D eigenvalue weighted by molar-refractivity contribution is -0.121. The van der Waals surface area contributed by atoms with Crippen molar-refractivity contribution in [3.8, 4) is 0 Å². The number of hydrogen-bond acceptors (Lipinski definition) is 6. The average molecular weight is 424 g/mol. The van der Waals surface area contributed by atoms with E-state index in [2.05, 4.69) is 15.3 Å². The Kier molecular flexibility index (Phi) is 7.27. The van der Waals surface area contributed by atoms with Gasteiger partial charge in [0.15, 0.2) is 0 Å². The van der Waals surface area contributed by atoms with E-state index in [-0.39, 0.29) is 4.90 Å². The van der Waals surface area contributed by atoms with Gasteiger partial charge in [-0.25, -0.2) is 18.6 Å². The molecule has 0 atom stereocenters. The quantitative estimate of drug-likeness (QED) is 0.416. The number of amides is 1. The van der Waals surface area contributed by atoms with Crippen molar-refractivity contribution in [3.63, 3.8) is 0 Å². The molecule has 148 valence electrons. The highest BCUT2D eigenvalue weighted by atomic mass is 35.5. The fourth-order valence-corrected chi connectivity index (χ4v) is 3.36. The number of likely N-dealkylation sites (N-methyl/N-ethyl adjacent to an activating group) is 1. The number of nitrogens with one attached hydrogen (secondary N) is 1. The second-order valence-corrected chi connectivity index (χ2v) is 8.10. The summed E-state index contributed by atoms with van der Waals surface area (Å²) in [6, 6.07) is 12.0. The normalized spacial score (nSPS) is 11.6. The van der Waals surface area contributed by atoms with E-state index < -0.39 is 28.4 Å². The van der Waals surface area contributed by atoms with Crippen molar-refractivity contribution in [2.45, 2.75) is 4.90 Å². The van der Waals surface area contributed by atoms with Gasteiger partial charge in [0.05, 0.1) is 30.3 Å². The molecule has 0 fully saturated rings. The number of esters is 1. The zero-order valence-electron chi connectivity index (χ0n) is 15.1. The van der Waals surface area contributed by atoms with Crippen LogP contribution in [-0.4, -0.2) is 51.5 Å². The smallest absolute Gasteiger partial charge is 0.337 e. The molecular formula is C18H18ClN3O5S. The van der Waals surface area contributed by atoms with Crippen molar-refractivity contribution < 1.29 is 22.7 Å². The number of carbonyl (C=O) groups is 2. The zero-order valence-corrected chi connectivity index (χ0v) is 16.7. The summed E-state index contributed by atoms with van der Waals surface area (Å²) in [5.74, 6) is -1.07. The van der Waals surface area contributed by atoms with Crippen molar-refractivity contribution in [2.75, 3.05) is 20.7 Å². The summed E-state index contributed by atoms with van der Waals surface area (Å²) in [7, 11) is -1.25. The van der Waals surface area contributed by atoms with Crippen LogP contribution >= 0.6 is 11.6 Å². The maximum atomic E-state index is 12.4. The molecule has 10 heteroatoms. The first kappa shape index (κ1) is 21.5. The maximum Gasteiger partial charge on any atom is 0.337 e. The van der Waals surface area contributed by atoms with Gasteiger partial charge in [-0.2, -0.15) is 9.41 Å². The van der Waals surface area contributed by atoms with Crippen LogP contribution in [-0.2, 0) is 19.6 Å². The van der Waals surface area contributed by atoms with Crippen LogP contribution in [0.3, 0.4) is 0 Å². The van der Waals surface area contributed by atoms with Crippen molar-refractivity contribution in [2.24, 2.45) is 5.10 Å². The maximum absolute atomic E-state index is 12.4. The van der Waals surface area contributed by atoms with Crippen LogP contribution in [0.5, 0.6) is 0 Å². The molecule has 1 amide bonds. The van der Waals surface area contributed by atoms with E-state index >= 15 is 0 Å². The lowest BCUT2D eigenvalue weighted by Gasteiger charge is -2.16. The van der Waals surface area contributed by atoms with Crippen LogP contribution in [0, 0.1) is 0 Å². The molecule has 2 aromatic carbocycles. The Labute approximate surface area is 167 Å². The molecule has 1 N–H and O–H groups in total. The van der Waals surface area contributed by atoms with Gasteiger partial charge in [0.25, 0.3) is 5.91 Å². The van der Waals surface area contributed by atoms with E-state index in [0.29, 0.717) is 16.1 Å². The summed E-state index contributed by atoms with van der Waals surface area (Å²) in [4.78, 5) is 23.3. The molecule has 0 saturated carbocycles. The SMILES string of the molecule is COC(=O)c1ccc(/C=N\NC(=O)CN(C)S(=O)(=O)c2ccc(Cl)cc2)cc1. The van der Waals surface area contributed by atoms with Crippen molar-refractivity contribution in [1.82, 2.24) is 9.73 Å². The number of halogens is 1. The molecule has 2 rings (SSSR count). The minimum absolute atomic E-state index is 0.0291. The molecule has 0 spiro atoms. The van der Waals surface area contributed by atoms with E-state index in [4.69, 9.17) is 11.6 Å². The lowest BCUT2D eigenvalue weighted by Crippen LogP contribution is -2.36. The summed E-state index contributed by atoms with van der Waals surface area (Å²) < 4.78 is 30.3. The first-order valence-corrected chi connectivity index (χ1v) is 9.78. The summed E-state index contributed by atoms with van der Waals surface area (Å²) in [6.07, 6.45) is 1.37. The molecule has 0 bridgehead atoms. The molecule has 8 nitrogen and oxygen atoms in total. The molecule has 2 aromatic rings. The predicted molar refractivity (Wildman–Crippen MR) is 105 cm³/mol. The van der Waals surface area contributed by atoms with Gasteiger partial charge in [0.1, 0.15) is 0 Å². The molecule has 28 heavy (non-hydrogen) atoms. The number of ether oxygens (including phenoxy) is 1. The minimum Gasteiger partial charge on any atom is -0.465 e. The van der Waals surface area contributed by atoms with E-state index in [0.717, 1.165) is 4.31 Å². The van der Waals surface area contributed by atoms with Crippen LogP contribution in [0.4, 0.5) is 0 Å². The molecule has 0 aliphatic heterocycles. The van der Waals surface area contributed by atoms with Crippen LogP contribution < -0.4 is 5.43 Å². The molecule has 0 aromatic heterocycles. The van der Waals surface area contributed by atoms with Gasteiger partial charge in [0, 0.05) is 12.1 Å². The second-order valence-electron chi connectivity index (χ2n) is 5.62. The molecular weight excluding hydrogens is 406 g/mol. The summed E-state index contributed by atoms with van der Waals surface area (Å²) in [5, 5.41) is 4.19. The Morgan fingerprint density at radius 1 is 1.14 bits per heavy atom. The fourth-order valence-electron chi connectivity index (χ4n) is 2.11. The van der Waals surface area contributed by atoms with Crippen molar-refractivity contribution in [1.29, 1.82) is 0 Å². The predicted octanol–water partition coefficient (Wildman–Crippen LogP) is 1.90. The number of benzene rings is 2. The van der Waals surface area contributed by atoms with Crippen LogP contribution in [0.25, 0.3) is 0 Å². The number of methoxy groups -OCH3 is 1. The minimum atomic E-state index is -3.83. The van der Waals surface area contributed by atoms with E-state index in [1.54, 1.807) is 24.3 Å². The summed E-state index contributed by atoms with van der Waals surface area (Å²) in [6.45, 7) is -0.413. The van der Waals surface area contributed by atoms with Crippen LogP contribution in [0.1, 0.15) is 15.9 Å². The second kappa shape index (κ2) is 9.45. The molecule has 0 aliphatic carbocycles. The number of hydrazone groups is 1. The Morgan fingerprint density at radius 3 is 2.32 bits per heavy atom. The van der Waals surface area contributed by atoms with Gasteiger partial charge in [-0.15, -0.1) is 0 Å². The van der Waals surface area contributed by atoms with Crippen LogP contribution in [0.2, 0.25) is 5.02 Å². The first-order valence-electron chi connectivity index (χ1n) is 7.96. The molecule has 0 unspecified atom stereocenters. The van der Waals surface area contributed by atoms with Crippen molar-refractivity contribution in [3.05, 3.63) is 64.7 Å². The van der Waals surface area contributed by atoms with E-state index in [1.807, 2.05) is 0 Å². The molecule has 0 aliphatic rings. The topological polar surface area (TPSA) is 105 Å². The van der Waals surface area contributed by atoms with Gasteiger partial charge in [0.2, 0.25) is 10.0 Å². The number of rotatable bonds is 7. The molecule has 0 radical (unpaired) electrons.